The molecule has 0 aliphatic rings. The van der Waals surface area contributed by atoms with Gasteiger partial charge in [-0.1, -0.05) is 35.3 Å². The van der Waals surface area contributed by atoms with E-state index >= 15 is 0 Å². The van der Waals surface area contributed by atoms with Gasteiger partial charge in [0.25, 0.3) is 0 Å². The van der Waals surface area contributed by atoms with Gasteiger partial charge in [-0.2, -0.15) is 0 Å². The van der Waals surface area contributed by atoms with Crippen LogP contribution in [-0.4, -0.2) is 20.3 Å². The second-order valence-corrected chi connectivity index (χ2v) is 6.43. The van der Waals surface area contributed by atoms with Crippen molar-refractivity contribution in [1.29, 1.82) is 0 Å². The Morgan fingerprint density at radius 2 is 1.86 bits per heavy atom. The van der Waals surface area contributed by atoms with E-state index in [4.69, 9.17) is 23.2 Å². The van der Waals surface area contributed by atoms with Crippen LogP contribution >= 0.6 is 34.7 Å². The second kappa shape index (κ2) is 5.72. The number of aryl methyl sites for hydroxylation is 1. The largest absolute Gasteiger partial charge is 0.298 e. The van der Waals surface area contributed by atoms with Crippen molar-refractivity contribution in [3.05, 3.63) is 47.5 Å². The highest BCUT2D eigenvalue weighted by molar-refractivity contribution is 7.13. The average Bonchev–Trinajstić information content (AvgIpc) is 2.61. The summed E-state index contributed by atoms with van der Waals surface area (Å²) in [5, 5.41) is 0.638. The molecule has 0 fully saturated rings. The molecule has 0 saturated heterocycles. The molecule has 108 valence electrons. The number of alkyl halides is 1. The molecule has 0 saturated carbocycles. The molecule has 0 radical (unpaired) electrons. The molecular weight excluding hydrogens is 327 g/mol. The summed E-state index contributed by atoms with van der Waals surface area (Å²) in [5.41, 5.74) is 2.57. The van der Waals surface area contributed by atoms with Crippen LogP contribution < -0.4 is 0 Å². The lowest BCUT2D eigenvalue weighted by Crippen LogP contribution is -2.13. The molecule has 21 heavy (non-hydrogen) atoms. The van der Waals surface area contributed by atoms with Gasteiger partial charge in [0.1, 0.15) is 5.88 Å². The minimum atomic E-state index is -0.163. The van der Waals surface area contributed by atoms with Crippen LogP contribution in [0.2, 0.25) is 5.02 Å². The number of para-hydroxylation sites is 2. The Morgan fingerprint density at radius 1 is 1.14 bits per heavy atom. The minimum absolute atomic E-state index is 0.0786. The van der Waals surface area contributed by atoms with E-state index in [-0.39, 0.29) is 11.8 Å². The lowest BCUT2D eigenvalue weighted by molar-refractivity contribution is 0.0949. The smallest absolute Gasteiger partial charge is 0.246 e. The van der Waals surface area contributed by atoms with Gasteiger partial charge in [-0.15, -0.1) is 11.6 Å². The van der Waals surface area contributed by atoms with Gasteiger partial charge in [0.2, 0.25) is 5.91 Å². The quantitative estimate of drug-likeness (QED) is 0.582. The van der Waals surface area contributed by atoms with E-state index in [9.17, 15) is 4.79 Å². The highest BCUT2D eigenvalue weighted by Gasteiger charge is 2.11. The molecule has 0 aliphatic carbocycles. The van der Waals surface area contributed by atoms with E-state index in [0.29, 0.717) is 5.02 Å². The highest BCUT2D eigenvalue weighted by Crippen LogP contribution is 2.26. The molecule has 0 unspecified atom stereocenters. The lowest BCUT2D eigenvalue weighted by atomic mass is 10.2. The van der Waals surface area contributed by atoms with E-state index in [1.807, 2.05) is 47.4 Å². The average molecular weight is 339 g/mol. The Kier molecular flexibility index (Phi) is 3.93. The van der Waals surface area contributed by atoms with Crippen LogP contribution in [0.1, 0.15) is 4.79 Å². The molecule has 0 atom stereocenters. The summed E-state index contributed by atoms with van der Waals surface area (Å²) in [4.78, 5) is 12.4. The fourth-order valence-electron chi connectivity index (χ4n) is 2.32. The third-order valence-corrected chi connectivity index (χ3v) is 4.68. The van der Waals surface area contributed by atoms with Gasteiger partial charge in [0.15, 0.2) is 0 Å². The van der Waals surface area contributed by atoms with Crippen molar-refractivity contribution in [2.75, 3.05) is 5.88 Å². The van der Waals surface area contributed by atoms with Gasteiger partial charge in [-0.3, -0.25) is 13.3 Å². The summed E-state index contributed by atoms with van der Waals surface area (Å²) < 4.78 is 4.59. The summed E-state index contributed by atoms with van der Waals surface area (Å²) >= 11 is 13.4. The van der Waals surface area contributed by atoms with Crippen molar-refractivity contribution in [3.63, 3.8) is 0 Å². The van der Waals surface area contributed by atoms with Crippen LogP contribution in [-0.2, 0) is 7.05 Å². The van der Waals surface area contributed by atoms with Crippen LogP contribution in [0.5, 0.6) is 0 Å². The molecule has 3 nitrogen and oxygen atoms in total. The number of nitrogens with zero attached hydrogens (tertiary/aromatic N) is 2. The number of carbonyl (C=O) groups excluding carboxylic acids is 1. The first-order valence-corrected chi connectivity index (χ1v) is 7.99. The van der Waals surface area contributed by atoms with Crippen LogP contribution in [0.4, 0.5) is 0 Å². The summed E-state index contributed by atoms with van der Waals surface area (Å²) in [6.45, 7) is 0. The standard InChI is InChI=1S/C15H12Cl2N2OS/c1-18-11-4-2-3-5-12(11)19(15(20)9-16)13-7-6-10(17)8-14(13)21-18/h2-8H,9H2,1H3. The predicted molar refractivity (Wildman–Crippen MR) is 90.3 cm³/mol. The number of hydrogen-bond acceptors (Lipinski definition) is 2. The van der Waals surface area contributed by atoms with Gasteiger partial charge >= 0.3 is 0 Å². The minimum Gasteiger partial charge on any atom is -0.298 e. The van der Waals surface area contributed by atoms with Crippen LogP contribution in [0.15, 0.2) is 42.5 Å². The van der Waals surface area contributed by atoms with Gasteiger partial charge < -0.3 is 0 Å². The number of hydrogen-bond donors (Lipinski definition) is 0. The maximum absolute atomic E-state index is 12.4. The Labute approximate surface area is 135 Å². The monoisotopic (exact) mass is 338 g/mol. The maximum Gasteiger partial charge on any atom is 0.246 e. The zero-order valence-corrected chi connectivity index (χ0v) is 13.5. The van der Waals surface area contributed by atoms with Crippen molar-refractivity contribution in [3.8, 4) is 0 Å². The molecule has 0 N–H and O–H groups in total. The van der Waals surface area contributed by atoms with E-state index in [2.05, 4.69) is 0 Å². The number of carbonyl (C=O) groups is 1. The molecular formula is C15H12Cl2N2OS. The zero-order chi connectivity index (χ0) is 15.0. The molecule has 3 rings (SSSR count). The molecule has 1 heterocycles. The summed E-state index contributed by atoms with van der Waals surface area (Å²) in [6, 6.07) is 13.2. The SMILES string of the molecule is Cn1sc2cc(Cl)ccc2n(C(=O)CCl)c2ccccc21. The van der Waals surface area contributed by atoms with E-state index < -0.39 is 0 Å². The first-order chi connectivity index (χ1) is 10.1. The van der Waals surface area contributed by atoms with Gasteiger partial charge in [0.05, 0.1) is 21.3 Å². The van der Waals surface area contributed by atoms with Crippen LogP contribution in [0, 0.1) is 0 Å². The summed E-state index contributed by atoms with van der Waals surface area (Å²) in [7, 11) is 1.96. The normalized spacial score (nSPS) is 11.0. The third-order valence-electron chi connectivity index (χ3n) is 3.22. The van der Waals surface area contributed by atoms with Gasteiger partial charge in [0, 0.05) is 12.1 Å². The number of halogens is 2. The van der Waals surface area contributed by atoms with Crippen LogP contribution in [0.3, 0.4) is 0 Å². The Balaban J connectivity index is 2.63. The summed E-state index contributed by atoms with van der Waals surface area (Å²) in [6.07, 6.45) is 0. The number of aromatic nitrogens is 2. The molecule has 3 aromatic rings. The number of benzene rings is 2. The lowest BCUT2D eigenvalue weighted by Gasteiger charge is -2.07. The third kappa shape index (κ3) is 2.55. The fourth-order valence-corrected chi connectivity index (χ4v) is 3.66. The second-order valence-electron chi connectivity index (χ2n) is 4.55. The Hall–Kier alpha value is -1.49. The van der Waals surface area contributed by atoms with E-state index in [1.165, 1.54) is 11.5 Å². The molecule has 0 aliphatic heterocycles. The molecule has 1 aromatic heterocycles. The molecule has 0 amide bonds. The molecule has 2 aromatic carbocycles. The number of rotatable bonds is 1. The van der Waals surface area contributed by atoms with Crippen molar-refractivity contribution >= 4 is 61.9 Å². The zero-order valence-electron chi connectivity index (χ0n) is 11.2. The summed E-state index contributed by atoms with van der Waals surface area (Å²) in [5.74, 6) is -0.242. The topological polar surface area (TPSA) is 26.9 Å². The van der Waals surface area contributed by atoms with Gasteiger partial charge in [-0.05, 0) is 30.3 Å². The Bertz CT molecular complexity index is 890. The van der Waals surface area contributed by atoms with Crippen molar-refractivity contribution < 1.29 is 4.79 Å². The molecule has 0 spiro atoms. The van der Waals surface area contributed by atoms with E-state index in [0.717, 1.165) is 21.3 Å². The first-order valence-electron chi connectivity index (χ1n) is 6.31. The van der Waals surface area contributed by atoms with Gasteiger partial charge in [-0.25, -0.2) is 0 Å². The Morgan fingerprint density at radius 3 is 2.57 bits per heavy atom. The highest BCUT2D eigenvalue weighted by atomic mass is 35.5. The molecule has 6 heteroatoms. The van der Waals surface area contributed by atoms with Crippen molar-refractivity contribution in [2.45, 2.75) is 0 Å². The first kappa shape index (κ1) is 14.4. The van der Waals surface area contributed by atoms with E-state index in [1.54, 1.807) is 10.6 Å². The predicted octanol–water partition coefficient (Wildman–Crippen LogP) is 4.85. The number of fused-ring (bicyclic) bond motifs is 2. The van der Waals surface area contributed by atoms with Crippen LogP contribution in [0.25, 0.3) is 21.3 Å². The molecule has 0 bridgehead atoms. The maximum atomic E-state index is 12.4. The van der Waals surface area contributed by atoms with Crippen molar-refractivity contribution in [1.82, 2.24) is 8.52 Å². The van der Waals surface area contributed by atoms with Crippen molar-refractivity contribution in [2.24, 2.45) is 7.05 Å². The fraction of sp³-hybridized carbons (Fsp3) is 0.133.